The van der Waals surface area contributed by atoms with Gasteiger partial charge in [0.1, 0.15) is 0 Å². The summed E-state index contributed by atoms with van der Waals surface area (Å²) in [6.45, 7) is 6.18. The second-order valence-electron chi connectivity index (χ2n) is 3.76. The molecule has 0 spiro atoms. The topological polar surface area (TPSA) is 75.6 Å². The molecular formula is C10H16F3NO4. The SMILES string of the molecule is CCOC(=O)C(C)C1CNC1.O=C(O)C(F)(F)F. The van der Waals surface area contributed by atoms with Crippen molar-refractivity contribution >= 4 is 11.9 Å². The van der Waals surface area contributed by atoms with Gasteiger partial charge in [-0.2, -0.15) is 13.2 Å². The van der Waals surface area contributed by atoms with Crippen LogP contribution in [0, 0.1) is 11.8 Å². The van der Waals surface area contributed by atoms with Crippen LogP contribution in [-0.4, -0.2) is 42.9 Å². The zero-order valence-corrected chi connectivity index (χ0v) is 10.1. The Labute approximate surface area is 102 Å². The minimum atomic E-state index is -5.08. The Hall–Kier alpha value is -1.31. The average molecular weight is 271 g/mol. The molecule has 0 bridgehead atoms. The van der Waals surface area contributed by atoms with Crippen molar-refractivity contribution in [3.8, 4) is 0 Å². The molecule has 1 aliphatic heterocycles. The molecule has 0 radical (unpaired) electrons. The van der Waals surface area contributed by atoms with Crippen LogP contribution in [0.25, 0.3) is 0 Å². The minimum Gasteiger partial charge on any atom is -0.475 e. The molecule has 5 nitrogen and oxygen atoms in total. The van der Waals surface area contributed by atoms with Gasteiger partial charge in [-0.1, -0.05) is 6.92 Å². The number of esters is 1. The van der Waals surface area contributed by atoms with Crippen LogP contribution >= 0.6 is 0 Å². The van der Waals surface area contributed by atoms with Crippen molar-refractivity contribution in [3.05, 3.63) is 0 Å². The Morgan fingerprint density at radius 2 is 1.89 bits per heavy atom. The van der Waals surface area contributed by atoms with Gasteiger partial charge in [0, 0.05) is 0 Å². The van der Waals surface area contributed by atoms with Crippen molar-refractivity contribution in [2.24, 2.45) is 11.8 Å². The van der Waals surface area contributed by atoms with E-state index in [0.717, 1.165) is 13.1 Å². The van der Waals surface area contributed by atoms with Gasteiger partial charge in [-0.05, 0) is 25.9 Å². The van der Waals surface area contributed by atoms with E-state index in [4.69, 9.17) is 14.6 Å². The van der Waals surface area contributed by atoms with Gasteiger partial charge in [-0.15, -0.1) is 0 Å². The van der Waals surface area contributed by atoms with Crippen molar-refractivity contribution in [1.82, 2.24) is 5.32 Å². The summed E-state index contributed by atoms with van der Waals surface area (Å²) in [7, 11) is 0. The monoisotopic (exact) mass is 271 g/mol. The first-order valence-corrected chi connectivity index (χ1v) is 5.37. The number of ether oxygens (including phenoxy) is 1. The van der Waals surface area contributed by atoms with E-state index in [2.05, 4.69) is 5.32 Å². The zero-order valence-electron chi connectivity index (χ0n) is 10.1. The van der Waals surface area contributed by atoms with Crippen LogP contribution < -0.4 is 5.32 Å². The predicted octanol–water partition coefficient (Wildman–Crippen LogP) is 1.04. The van der Waals surface area contributed by atoms with E-state index in [1.807, 2.05) is 13.8 Å². The lowest BCUT2D eigenvalue weighted by atomic mass is 9.89. The maximum absolute atomic E-state index is 11.1. The predicted molar refractivity (Wildman–Crippen MR) is 55.8 cm³/mol. The van der Waals surface area contributed by atoms with Gasteiger partial charge in [0.2, 0.25) is 0 Å². The fraction of sp³-hybridized carbons (Fsp3) is 0.800. The summed E-state index contributed by atoms with van der Waals surface area (Å²) in [6.07, 6.45) is -5.08. The molecule has 0 amide bonds. The number of alkyl halides is 3. The third-order valence-electron chi connectivity index (χ3n) is 2.42. The minimum absolute atomic E-state index is 0.0565. The number of aliphatic carboxylic acids is 1. The van der Waals surface area contributed by atoms with E-state index in [-0.39, 0.29) is 11.9 Å². The Bertz CT molecular complexity index is 289. The summed E-state index contributed by atoms with van der Waals surface area (Å²) in [5.74, 6) is -2.25. The van der Waals surface area contributed by atoms with Gasteiger partial charge in [-0.3, -0.25) is 4.79 Å². The second-order valence-corrected chi connectivity index (χ2v) is 3.76. The normalized spacial score (nSPS) is 16.9. The van der Waals surface area contributed by atoms with E-state index in [9.17, 15) is 18.0 Å². The smallest absolute Gasteiger partial charge is 0.475 e. The summed E-state index contributed by atoms with van der Waals surface area (Å²) in [5, 5.41) is 10.3. The number of nitrogens with one attached hydrogen (secondary N) is 1. The lowest BCUT2D eigenvalue weighted by molar-refractivity contribution is -0.192. The number of carbonyl (C=O) groups is 2. The highest BCUT2D eigenvalue weighted by Gasteiger charge is 2.38. The quantitative estimate of drug-likeness (QED) is 0.750. The maximum atomic E-state index is 11.1. The second kappa shape index (κ2) is 7.20. The molecule has 0 saturated carbocycles. The van der Waals surface area contributed by atoms with Crippen molar-refractivity contribution < 1.29 is 32.6 Å². The van der Waals surface area contributed by atoms with E-state index >= 15 is 0 Å². The highest BCUT2D eigenvalue weighted by molar-refractivity contribution is 5.73. The number of carboxylic acid groups (broad SMARTS) is 1. The van der Waals surface area contributed by atoms with E-state index in [1.54, 1.807) is 0 Å². The summed E-state index contributed by atoms with van der Waals surface area (Å²) < 4.78 is 36.6. The fourth-order valence-electron chi connectivity index (χ4n) is 1.13. The van der Waals surface area contributed by atoms with Crippen LogP contribution in [0.15, 0.2) is 0 Å². The number of carboxylic acids is 1. The first-order valence-electron chi connectivity index (χ1n) is 5.37. The van der Waals surface area contributed by atoms with Crippen molar-refractivity contribution in [2.75, 3.05) is 19.7 Å². The molecule has 0 aromatic carbocycles. The maximum Gasteiger partial charge on any atom is 0.490 e. The third-order valence-corrected chi connectivity index (χ3v) is 2.42. The average Bonchev–Trinajstić information content (AvgIpc) is 2.14. The van der Waals surface area contributed by atoms with Crippen molar-refractivity contribution in [2.45, 2.75) is 20.0 Å². The molecule has 2 N–H and O–H groups in total. The molecular weight excluding hydrogens is 255 g/mol. The standard InChI is InChI=1S/C8H15NO2.C2HF3O2/c1-3-11-8(10)6(2)7-4-9-5-7;3-2(4,5)1(6)7/h6-7,9H,3-5H2,1-2H3;(H,6,7). The fourth-order valence-corrected chi connectivity index (χ4v) is 1.13. The molecule has 1 heterocycles. The first-order chi connectivity index (χ1) is 8.20. The van der Waals surface area contributed by atoms with Crippen molar-refractivity contribution in [1.29, 1.82) is 0 Å². The van der Waals surface area contributed by atoms with Gasteiger partial charge in [0.05, 0.1) is 12.5 Å². The largest absolute Gasteiger partial charge is 0.490 e. The third kappa shape index (κ3) is 5.85. The molecule has 1 saturated heterocycles. The van der Waals surface area contributed by atoms with Crippen LogP contribution in [0.3, 0.4) is 0 Å². The summed E-state index contributed by atoms with van der Waals surface area (Å²) >= 11 is 0. The van der Waals surface area contributed by atoms with Crippen LogP contribution in [0.1, 0.15) is 13.8 Å². The Morgan fingerprint density at radius 3 is 2.11 bits per heavy atom. The number of hydrogen-bond acceptors (Lipinski definition) is 4. The van der Waals surface area contributed by atoms with E-state index < -0.39 is 12.1 Å². The number of rotatable bonds is 3. The van der Waals surface area contributed by atoms with Crippen LogP contribution in [-0.2, 0) is 14.3 Å². The van der Waals surface area contributed by atoms with Crippen LogP contribution in [0.4, 0.5) is 13.2 Å². The van der Waals surface area contributed by atoms with Crippen LogP contribution in [0.2, 0.25) is 0 Å². The molecule has 0 aromatic rings. The molecule has 106 valence electrons. The zero-order chi connectivity index (χ0) is 14.3. The van der Waals surface area contributed by atoms with Gasteiger partial charge >= 0.3 is 18.1 Å². The molecule has 0 aromatic heterocycles. The first kappa shape index (κ1) is 16.7. The number of carbonyl (C=O) groups excluding carboxylic acids is 1. The molecule has 1 unspecified atom stereocenters. The van der Waals surface area contributed by atoms with Gasteiger partial charge in [0.25, 0.3) is 0 Å². The van der Waals surface area contributed by atoms with Gasteiger partial charge < -0.3 is 15.2 Å². The molecule has 1 aliphatic rings. The number of halogens is 3. The highest BCUT2D eigenvalue weighted by Crippen LogP contribution is 2.16. The Morgan fingerprint density at radius 1 is 1.44 bits per heavy atom. The molecule has 8 heteroatoms. The molecule has 18 heavy (non-hydrogen) atoms. The lowest BCUT2D eigenvalue weighted by Gasteiger charge is -2.31. The Balaban J connectivity index is 0.000000360. The molecule has 1 fully saturated rings. The Kier molecular flexibility index (Phi) is 6.67. The van der Waals surface area contributed by atoms with Crippen molar-refractivity contribution in [3.63, 3.8) is 0 Å². The van der Waals surface area contributed by atoms with E-state index in [0.29, 0.717) is 12.5 Å². The van der Waals surface area contributed by atoms with E-state index in [1.165, 1.54) is 0 Å². The highest BCUT2D eigenvalue weighted by atomic mass is 19.4. The lowest BCUT2D eigenvalue weighted by Crippen LogP contribution is -2.47. The summed E-state index contributed by atoms with van der Waals surface area (Å²) in [6, 6.07) is 0. The molecule has 1 rings (SSSR count). The molecule has 1 atom stereocenters. The molecule has 0 aliphatic carbocycles. The summed E-state index contributed by atoms with van der Waals surface area (Å²) in [4.78, 5) is 20.0. The number of hydrogen-bond donors (Lipinski definition) is 2. The van der Waals surface area contributed by atoms with Crippen LogP contribution in [0.5, 0.6) is 0 Å². The summed E-state index contributed by atoms with van der Waals surface area (Å²) in [5.41, 5.74) is 0. The van der Waals surface area contributed by atoms with Gasteiger partial charge in [-0.25, -0.2) is 4.79 Å². The van der Waals surface area contributed by atoms with Gasteiger partial charge in [0.15, 0.2) is 0 Å².